The SMILES string of the molecule is Cc1ccc(S(=O)(=O)OCCN(CC(C)C(C)O)S(=O)(=O)c2ccc(C)cc2)cc1. The summed E-state index contributed by atoms with van der Waals surface area (Å²) in [5, 5.41) is 9.82. The largest absolute Gasteiger partial charge is 0.393 e. The van der Waals surface area contributed by atoms with Crippen molar-refractivity contribution in [3.8, 4) is 0 Å². The van der Waals surface area contributed by atoms with Crippen molar-refractivity contribution in [2.45, 2.75) is 43.6 Å². The number of rotatable bonds is 10. The summed E-state index contributed by atoms with van der Waals surface area (Å²) < 4.78 is 57.2. The van der Waals surface area contributed by atoms with Gasteiger partial charge in [-0.15, -0.1) is 0 Å². The van der Waals surface area contributed by atoms with Crippen LogP contribution in [0.2, 0.25) is 0 Å². The highest BCUT2D eigenvalue weighted by Gasteiger charge is 2.28. The smallest absolute Gasteiger partial charge is 0.297 e. The zero-order valence-corrected chi connectivity index (χ0v) is 19.3. The molecular weight excluding hydrogens is 426 g/mol. The molecule has 7 nitrogen and oxygen atoms in total. The first-order chi connectivity index (χ1) is 13.9. The summed E-state index contributed by atoms with van der Waals surface area (Å²) in [4.78, 5) is 0.116. The summed E-state index contributed by atoms with van der Waals surface area (Å²) in [5.74, 6) is -0.348. The number of aliphatic hydroxyl groups excluding tert-OH is 1. The fourth-order valence-electron chi connectivity index (χ4n) is 2.66. The molecule has 2 aromatic carbocycles. The number of nitrogens with zero attached hydrogens (tertiary/aromatic N) is 1. The molecule has 0 amide bonds. The normalized spacial score (nSPS) is 14.6. The molecule has 166 valence electrons. The van der Waals surface area contributed by atoms with E-state index in [2.05, 4.69) is 0 Å². The van der Waals surface area contributed by atoms with Crippen LogP contribution >= 0.6 is 0 Å². The number of hydrogen-bond donors (Lipinski definition) is 1. The van der Waals surface area contributed by atoms with E-state index in [4.69, 9.17) is 4.18 Å². The number of aryl methyl sites for hydroxylation is 2. The standard InChI is InChI=1S/C21H29NO6S2/c1-16-5-9-20(10-6-16)29(24,25)22(15-18(3)19(4)23)13-14-28-30(26,27)21-11-7-17(2)8-12-21/h5-12,18-19,23H,13-15H2,1-4H3. The lowest BCUT2D eigenvalue weighted by atomic mass is 10.1. The van der Waals surface area contributed by atoms with Crippen molar-refractivity contribution in [1.29, 1.82) is 0 Å². The second-order valence-corrected chi connectivity index (χ2v) is 11.0. The summed E-state index contributed by atoms with van der Waals surface area (Å²) in [7, 11) is -7.89. The molecule has 2 rings (SSSR count). The minimum Gasteiger partial charge on any atom is -0.393 e. The number of benzene rings is 2. The highest BCUT2D eigenvalue weighted by atomic mass is 32.2. The van der Waals surface area contributed by atoms with E-state index in [1.165, 1.54) is 24.3 Å². The van der Waals surface area contributed by atoms with E-state index in [0.717, 1.165) is 15.4 Å². The topological polar surface area (TPSA) is 101 Å². The van der Waals surface area contributed by atoms with Gasteiger partial charge in [-0.2, -0.15) is 12.7 Å². The lowest BCUT2D eigenvalue weighted by Crippen LogP contribution is -2.39. The Morgan fingerprint density at radius 3 is 1.80 bits per heavy atom. The molecule has 0 aliphatic rings. The highest BCUT2D eigenvalue weighted by molar-refractivity contribution is 7.89. The first-order valence-corrected chi connectivity index (χ1v) is 12.5. The zero-order chi connectivity index (χ0) is 22.5. The molecule has 0 spiro atoms. The van der Waals surface area contributed by atoms with Gasteiger partial charge < -0.3 is 5.11 Å². The van der Waals surface area contributed by atoms with Gasteiger partial charge in [0.05, 0.1) is 22.5 Å². The van der Waals surface area contributed by atoms with Crippen molar-refractivity contribution >= 4 is 20.1 Å². The molecule has 2 aromatic rings. The first-order valence-electron chi connectivity index (χ1n) is 9.64. The van der Waals surface area contributed by atoms with Crippen LogP contribution in [0.25, 0.3) is 0 Å². The van der Waals surface area contributed by atoms with E-state index >= 15 is 0 Å². The molecule has 2 atom stereocenters. The maximum Gasteiger partial charge on any atom is 0.297 e. The third kappa shape index (κ3) is 6.36. The third-order valence-corrected chi connectivity index (χ3v) is 8.07. The Bertz CT molecular complexity index is 1030. The molecule has 9 heteroatoms. The van der Waals surface area contributed by atoms with Crippen LogP contribution in [0.3, 0.4) is 0 Å². The van der Waals surface area contributed by atoms with Crippen molar-refractivity contribution in [1.82, 2.24) is 4.31 Å². The second-order valence-electron chi connectivity index (χ2n) is 7.48. The third-order valence-electron chi connectivity index (χ3n) is 4.86. The van der Waals surface area contributed by atoms with Gasteiger partial charge in [0.15, 0.2) is 0 Å². The van der Waals surface area contributed by atoms with E-state index in [0.29, 0.717) is 0 Å². The van der Waals surface area contributed by atoms with E-state index in [1.807, 2.05) is 13.8 Å². The lowest BCUT2D eigenvalue weighted by molar-refractivity contribution is 0.119. The van der Waals surface area contributed by atoms with E-state index < -0.39 is 26.2 Å². The summed E-state index contributed by atoms with van der Waals surface area (Å²) >= 11 is 0. The van der Waals surface area contributed by atoms with Crippen LogP contribution in [0.4, 0.5) is 0 Å². The van der Waals surface area contributed by atoms with Gasteiger partial charge in [0.1, 0.15) is 0 Å². The van der Waals surface area contributed by atoms with Gasteiger partial charge in [-0.1, -0.05) is 42.3 Å². The molecule has 0 radical (unpaired) electrons. The van der Waals surface area contributed by atoms with Crippen LogP contribution in [-0.4, -0.2) is 52.0 Å². The Morgan fingerprint density at radius 2 is 1.33 bits per heavy atom. The molecule has 0 saturated heterocycles. The molecule has 0 saturated carbocycles. The number of aliphatic hydroxyl groups is 1. The molecule has 30 heavy (non-hydrogen) atoms. The zero-order valence-electron chi connectivity index (χ0n) is 17.6. The van der Waals surface area contributed by atoms with Crippen LogP contribution < -0.4 is 0 Å². The van der Waals surface area contributed by atoms with E-state index in [-0.39, 0.29) is 35.4 Å². The Kier molecular flexibility index (Phi) is 8.18. The Balaban J connectivity index is 2.19. The molecular formula is C21H29NO6S2. The summed E-state index contributed by atoms with van der Waals surface area (Å²) in [6.07, 6.45) is -0.724. The van der Waals surface area contributed by atoms with Crippen molar-refractivity contribution in [3.05, 3.63) is 59.7 Å². The minimum atomic E-state index is -4.00. The monoisotopic (exact) mass is 455 g/mol. The molecule has 0 aromatic heterocycles. The first kappa shape index (κ1) is 24.5. The summed E-state index contributed by atoms with van der Waals surface area (Å²) in [6, 6.07) is 12.6. The van der Waals surface area contributed by atoms with Gasteiger partial charge in [-0.3, -0.25) is 4.18 Å². The van der Waals surface area contributed by atoms with E-state index in [9.17, 15) is 21.9 Å². The van der Waals surface area contributed by atoms with Gasteiger partial charge in [0, 0.05) is 13.1 Å². The van der Waals surface area contributed by atoms with Crippen LogP contribution in [0.5, 0.6) is 0 Å². The lowest BCUT2D eigenvalue weighted by Gasteiger charge is -2.26. The minimum absolute atomic E-state index is 0.0124. The van der Waals surface area contributed by atoms with Crippen molar-refractivity contribution in [3.63, 3.8) is 0 Å². The number of hydrogen-bond acceptors (Lipinski definition) is 6. The van der Waals surface area contributed by atoms with Gasteiger partial charge in [0.25, 0.3) is 10.1 Å². The van der Waals surface area contributed by atoms with Crippen LogP contribution in [-0.2, 0) is 24.3 Å². The quantitative estimate of drug-likeness (QED) is 0.553. The molecule has 0 heterocycles. The second kappa shape index (κ2) is 10.0. The van der Waals surface area contributed by atoms with Crippen LogP contribution in [0.1, 0.15) is 25.0 Å². The molecule has 0 aliphatic carbocycles. The van der Waals surface area contributed by atoms with Crippen molar-refractivity contribution in [2.24, 2.45) is 5.92 Å². The fraction of sp³-hybridized carbons (Fsp3) is 0.429. The van der Waals surface area contributed by atoms with Gasteiger partial charge in [-0.25, -0.2) is 8.42 Å². The predicted molar refractivity (Wildman–Crippen MR) is 115 cm³/mol. The van der Waals surface area contributed by atoms with Crippen molar-refractivity contribution < 1.29 is 26.1 Å². The molecule has 0 fully saturated rings. The van der Waals surface area contributed by atoms with Gasteiger partial charge in [0.2, 0.25) is 10.0 Å². The van der Waals surface area contributed by atoms with Gasteiger partial charge >= 0.3 is 0 Å². The highest BCUT2D eigenvalue weighted by Crippen LogP contribution is 2.20. The average Bonchev–Trinajstić information content (AvgIpc) is 2.67. The summed E-state index contributed by atoms with van der Waals surface area (Å²) in [5.41, 5.74) is 1.84. The Hall–Kier alpha value is -1.78. The van der Waals surface area contributed by atoms with Crippen LogP contribution in [0, 0.1) is 19.8 Å². The molecule has 0 bridgehead atoms. The molecule has 2 unspecified atom stereocenters. The maximum atomic E-state index is 13.1. The Morgan fingerprint density at radius 1 is 0.867 bits per heavy atom. The predicted octanol–water partition coefficient (Wildman–Crippen LogP) is 2.72. The van der Waals surface area contributed by atoms with Gasteiger partial charge in [-0.05, 0) is 51.0 Å². The number of sulfonamides is 1. The molecule has 1 N–H and O–H groups in total. The fourth-order valence-corrected chi connectivity index (χ4v) is 5.09. The van der Waals surface area contributed by atoms with E-state index in [1.54, 1.807) is 38.1 Å². The van der Waals surface area contributed by atoms with Crippen LogP contribution in [0.15, 0.2) is 58.3 Å². The Labute approximate surface area is 179 Å². The maximum absolute atomic E-state index is 13.1. The summed E-state index contributed by atoms with van der Waals surface area (Å²) in [6.45, 7) is 6.53. The van der Waals surface area contributed by atoms with Crippen molar-refractivity contribution in [2.75, 3.05) is 19.7 Å². The average molecular weight is 456 g/mol. The molecule has 0 aliphatic heterocycles.